The highest BCUT2D eigenvalue weighted by atomic mass is 19.1. The maximum absolute atomic E-state index is 14.9. The van der Waals surface area contributed by atoms with Gasteiger partial charge in [0.15, 0.2) is 0 Å². The molecule has 2 saturated carbocycles. The van der Waals surface area contributed by atoms with Gasteiger partial charge in [0.05, 0.1) is 31.3 Å². The molecule has 0 amide bonds. The predicted molar refractivity (Wildman–Crippen MR) is 118 cm³/mol. The van der Waals surface area contributed by atoms with Crippen LogP contribution in [0.3, 0.4) is 0 Å². The third-order valence-corrected chi connectivity index (χ3v) is 8.70. The highest BCUT2D eigenvalue weighted by molar-refractivity contribution is 5.70. The van der Waals surface area contributed by atoms with Gasteiger partial charge in [0.2, 0.25) is 0 Å². The minimum absolute atomic E-state index is 0.00217. The molecule has 1 saturated heterocycles. The Bertz CT molecular complexity index is 576. The molecule has 180 valence electrons. The molecule has 3 aliphatic rings. The number of carbonyl (C=O) groups is 1. The Morgan fingerprint density at radius 2 is 1.84 bits per heavy atom. The number of rotatable bonds is 8. The van der Waals surface area contributed by atoms with E-state index in [9.17, 15) is 14.3 Å². The number of alkyl halides is 1. The number of carboxylic acids is 1. The fourth-order valence-electron chi connectivity index (χ4n) is 6.34. The molecule has 3 rings (SSSR count). The summed E-state index contributed by atoms with van der Waals surface area (Å²) >= 11 is 0. The molecule has 0 bridgehead atoms. The first kappa shape index (κ1) is 24.9. The van der Waals surface area contributed by atoms with Crippen LogP contribution in [0.4, 0.5) is 4.39 Å². The lowest BCUT2D eigenvalue weighted by Gasteiger charge is -2.44. The van der Waals surface area contributed by atoms with Crippen LogP contribution in [0.2, 0.25) is 0 Å². The van der Waals surface area contributed by atoms with Crippen molar-refractivity contribution < 1.29 is 28.9 Å². The molecule has 0 aromatic rings. The molecule has 5 nitrogen and oxygen atoms in total. The van der Waals surface area contributed by atoms with E-state index in [1.807, 2.05) is 0 Å². The Morgan fingerprint density at radius 3 is 2.52 bits per heavy atom. The van der Waals surface area contributed by atoms with Gasteiger partial charge < -0.3 is 19.7 Å². The van der Waals surface area contributed by atoms with Gasteiger partial charge >= 0.3 is 5.97 Å². The van der Waals surface area contributed by atoms with Crippen LogP contribution in [0, 0.1) is 35.5 Å². The summed E-state index contributed by atoms with van der Waals surface area (Å²) in [6.07, 6.45) is 6.30. The lowest BCUT2D eigenvalue weighted by atomic mass is 9.62. The summed E-state index contributed by atoms with van der Waals surface area (Å²) in [6, 6.07) is 0. The highest BCUT2D eigenvalue weighted by Gasteiger charge is 2.43. The SMILES string of the molecule is CC1CC[C@@H]2C(CO1)[C@H]([C@@H](C)[C@H](O)CCOCC1(F)CCC(C(=O)O)CC1)CC[C@H]2C. The van der Waals surface area contributed by atoms with Gasteiger partial charge in [0.25, 0.3) is 0 Å². The molecular formula is C25H43FO5. The van der Waals surface area contributed by atoms with E-state index in [0.29, 0.717) is 49.7 Å². The van der Waals surface area contributed by atoms with Gasteiger partial charge in [-0.3, -0.25) is 4.79 Å². The summed E-state index contributed by atoms with van der Waals surface area (Å²) in [5, 5.41) is 19.9. The average molecular weight is 443 g/mol. The largest absolute Gasteiger partial charge is 0.481 e. The van der Waals surface area contributed by atoms with Crippen LogP contribution in [0.15, 0.2) is 0 Å². The standard InChI is InChI=1S/C25H43FO5/c1-16-4-6-21(22-14-31-17(2)5-7-20(16)22)18(3)23(27)10-13-30-15-25(26)11-8-19(9-12-25)24(28)29/h16-23,27H,4-15H2,1-3H3,(H,28,29)/t16-,17?,18-,19?,20+,21+,22?,23-,25?/m1/s1. The van der Waals surface area contributed by atoms with E-state index in [-0.39, 0.29) is 25.4 Å². The molecule has 2 N–H and O–H groups in total. The zero-order valence-electron chi connectivity index (χ0n) is 19.6. The van der Waals surface area contributed by atoms with Crippen molar-refractivity contribution in [2.45, 2.75) is 96.4 Å². The van der Waals surface area contributed by atoms with Crippen molar-refractivity contribution in [1.82, 2.24) is 0 Å². The summed E-state index contributed by atoms with van der Waals surface area (Å²) in [5.74, 6) is 1.29. The Kier molecular flexibility index (Phi) is 8.79. The zero-order chi connectivity index (χ0) is 22.6. The Labute approximate surface area is 187 Å². The molecule has 1 heterocycles. The van der Waals surface area contributed by atoms with Crippen LogP contribution < -0.4 is 0 Å². The number of aliphatic hydroxyl groups is 1. The number of halogens is 1. The molecule has 2 aliphatic carbocycles. The predicted octanol–water partition coefficient (Wildman–Crippen LogP) is 4.85. The maximum Gasteiger partial charge on any atom is 0.306 e. The Hall–Kier alpha value is -0.720. The van der Waals surface area contributed by atoms with Crippen molar-refractivity contribution >= 4 is 5.97 Å². The Morgan fingerprint density at radius 1 is 1.13 bits per heavy atom. The summed E-state index contributed by atoms with van der Waals surface area (Å²) < 4.78 is 26.6. The number of ether oxygens (including phenoxy) is 2. The fraction of sp³-hybridized carbons (Fsp3) is 0.960. The van der Waals surface area contributed by atoms with Gasteiger partial charge in [-0.15, -0.1) is 0 Å². The van der Waals surface area contributed by atoms with Gasteiger partial charge in [0, 0.05) is 6.61 Å². The second-order valence-corrected chi connectivity index (χ2v) is 10.8. The van der Waals surface area contributed by atoms with E-state index in [4.69, 9.17) is 14.6 Å². The number of carboxylic acid groups (broad SMARTS) is 1. The lowest BCUT2D eigenvalue weighted by molar-refractivity contribution is -0.144. The summed E-state index contributed by atoms with van der Waals surface area (Å²) in [6.45, 7) is 7.83. The van der Waals surface area contributed by atoms with Crippen LogP contribution in [0.5, 0.6) is 0 Å². The maximum atomic E-state index is 14.9. The van der Waals surface area contributed by atoms with Crippen molar-refractivity contribution in [3.8, 4) is 0 Å². The highest BCUT2D eigenvalue weighted by Crippen LogP contribution is 2.47. The van der Waals surface area contributed by atoms with Crippen LogP contribution in [-0.2, 0) is 14.3 Å². The van der Waals surface area contributed by atoms with Gasteiger partial charge in [0.1, 0.15) is 5.67 Å². The average Bonchev–Trinajstić information content (AvgIpc) is 2.94. The van der Waals surface area contributed by atoms with Crippen molar-refractivity contribution in [3.63, 3.8) is 0 Å². The van der Waals surface area contributed by atoms with E-state index in [0.717, 1.165) is 25.4 Å². The molecule has 1 aliphatic heterocycles. The van der Waals surface area contributed by atoms with Crippen molar-refractivity contribution in [2.24, 2.45) is 35.5 Å². The second-order valence-electron chi connectivity index (χ2n) is 10.8. The number of fused-ring (bicyclic) bond motifs is 1. The summed E-state index contributed by atoms with van der Waals surface area (Å²) in [7, 11) is 0. The first-order chi connectivity index (χ1) is 14.7. The number of aliphatic carboxylic acids is 1. The molecule has 0 aromatic heterocycles. The quantitative estimate of drug-likeness (QED) is 0.526. The first-order valence-corrected chi connectivity index (χ1v) is 12.5. The van der Waals surface area contributed by atoms with Crippen molar-refractivity contribution in [2.75, 3.05) is 19.8 Å². The molecule has 0 radical (unpaired) electrons. The molecule has 31 heavy (non-hydrogen) atoms. The van der Waals surface area contributed by atoms with Crippen LogP contribution >= 0.6 is 0 Å². The van der Waals surface area contributed by atoms with Gasteiger partial charge in [-0.1, -0.05) is 20.3 Å². The molecular weight excluding hydrogens is 399 g/mol. The molecule has 0 spiro atoms. The number of aliphatic hydroxyl groups excluding tert-OH is 1. The minimum Gasteiger partial charge on any atom is -0.481 e. The summed E-state index contributed by atoms with van der Waals surface area (Å²) in [4.78, 5) is 11.0. The van der Waals surface area contributed by atoms with Crippen LogP contribution in [-0.4, -0.2) is 53.9 Å². The molecule has 7 atom stereocenters. The number of hydrogen-bond acceptors (Lipinski definition) is 4. The minimum atomic E-state index is -1.43. The molecule has 0 aromatic carbocycles. The smallest absolute Gasteiger partial charge is 0.306 e. The first-order valence-electron chi connectivity index (χ1n) is 12.5. The third-order valence-electron chi connectivity index (χ3n) is 8.70. The zero-order valence-corrected chi connectivity index (χ0v) is 19.6. The summed E-state index contributed by atoms with van der Waals surface area (Å²) in [5.41, 5.74) is -1.43. The third kappa shape index (κ3) is 6.42. The van der Waals surface area contributed by atoms with Crippen molar-refractivity contribution in [3.05, 3.63) is 0 Å². The van der Waals surface area contributed by atoms with Gasteiger partial charge in [-0.2, -0.15) is 0 Å². The molecule has 2 unspecified atom stereocenters. The van der Waals surface area contributed by atoms with Crippen molar-refractivity contribution in [1.29, 1.82) is 0 Å². The van der Waals surface area contributed by atoms with Gasteiger partial charge in [-0.25, -0.2) is 4.39 Å². The van der Waals surface area contributed by atoms with E-state index in [1.54, 1.807) is 0 Å². The lowest BCUT2D eigenvalue weighted by Crippen LogP contribution is -2.41. The van der Waals surface area contributed by atoms with E-state index in [2.05, 4.69) is 20.8 Å². The monoisotopic (exact) mass is 442 g/mol. The fourth-order valence-corrected chi connectivity index (χ4v) is 6.34. The van der Waals surface area contributed by atoms with Crippen LogP contribution in [0.1, 0.15) is 78.6 Å². The van der Waals surface area contributed by atoms with E-state index < -0.39 is 23.7 Å². The molecule has 6 heteroatoms. The van der Waals surface area contributed by atoms with Crippen LogP contribution in [0.25, 0.3) is 0 Å². The molecule has 3 fully saturated rings. The number of hydrogen-bond donors (Lipinski definition) is 2. The van der Waals surface area contributed by atoms with E-state index in [1.165, 1.54) is 12.8 Å². The normalized spacial score (nSPS) is 41.1. The second kappa shape index (κ2) is 10.9. The topological polar surface area (TPSA) is 76.0 Å². The van der Waals surface area contributed by atoms with E-state index >= 15 is 0 Å². The van der Waals surface area contributed by atoms with Gasteiger partial charge in [-0.05, 0) is 87.9 Å². The Balaban J connectivity index is 1.44.